The van der Waals surface area contributed by atoms with Gasteiger partial charge in [0.2, 0.25) is 0 Å². The van der Waals surface area contributed by atoms with Gasteiger partial charge in [0.1, 0.15) is 14.0 Å². The van der Waals surface area contributed by atoms with Crippen molar-refractivity contribution in [2.45, 2.75) is 30.7 Å². The fourth-order valence-corrected chi connectivity index (χ4v) is 5.06. The molecule has 1 rings (SSSR count). The molecule has 1 aliphatic heterocycles. The number of rotatable bonds is 11. The lowest BCUT2D eigenvalue weighted by molar-refractivity contribution is -0.184. The molecular formula is C6H13BFN6O12P3. The maximum absolute atomic E-state index is 14.2. The molecule has 0 bridgehead atoms. The first-order chi connectivity index (χ1) is 13.1. The zero-order valence-electron chi connectivity index (χ0n) is 14.1. The highest BCUT2D eigenvalue weighted by molar-refractivity contribution is 7.66. The Hall–Kier alpha value is -1.06. The highest BCUT2D eigenvalue weighted by atomic mass is 31.3. The normalized spacial score (nSPS) is 28.2. The summed E-state index contributed by atoms with van der Waals surface area (Å²) in [7, 11) is -15.3. The average Bonchev–Trinajstić information content (AvgIpc) is 2.81. The maximum atomic E-state index is 14.2. The van der Waals surface area contributed by atoms with E-state index in [1.165, 1.54) is 7.85 Å². The van der Waals surface area contributed by atoms with Crippen LogP contribution in [0.3, 0.4) is 0 Å². The average molecular weight is 484 g/mol. The summed E-state index contributed by atoms with van der Waals surface area (Å²) in [5.41, 5.74) is 16.6. The number of nitrogens with zero attached hydrogens (tertiary/aromatic N) is 6. The predicted molar refractivity (Wildman–Crippen MR) is 88.6 cm³/mol. The topological polar surface area (TPSA) is 276 Å². The van der Waals surface area contributed by atoms with Gasteiger partial charge in [-0.05, 0) is 27.7 Å². The maximum Gasteiger partial charge on any atom is 0.490 e. The standard InChI is InChI=1S/C6H13BFN6O12P3/c7-5-1-3(24-6(8,11-13-9)12-14-10)4(23-5)2-22-28(18,19)26-29(20,21)25-27(15,16)17/h3-5H,1-2,7H2,(H,18,19)(H,20,21)(H2,15,16,17)/t3-,4-,5-/m1/s1. The van der Waals surface area contributed by atoms with Crippen LogP contribution in [0.2, 0.25) is 0 Å². The van der Waals surface area contributed by atoms with E-state index in [1.54, 1.807) is 0 Å². The molecule has 0 aromatic carbocycles. The molecule has 0 spiro atoms. The second-order valence-corrected chi connectivity index (χ2v) is 9.59. The lowest BCUT2D eigenvalue weighted by Gasteiger charge is -2.24. The van der Waals surface area contributed by atoms with E-state index >= 15 is 0 Å². The highest BCUT2D eigenvalue weighted by Gasteiger charge is 2.44. The Balaban J connectivity index is 2.83. The second kappa shape index (κ2) is 9.83. The third-order valence-electron chi connectivity index (χ3n) is 2.84. The van der Waals surface area contributed by atoms with Crippen LogP contribution >= 0.6 is 23.5 Å². The van der Waals surface area contributed by atoms with Crippen LogP contribution in [0.4, 0.5) is 4.39 Å². The van der Waals surface area contributed by atoms with Gasteiger partial charge in [-0.2, -0.15) is 13.0 Å². The van der Waals surface area contributed by atoms with E-state index < -0.39 is 54.4 Å². The number of azide groups is 1. The van der Waals surface area contributed by atoms with Crippen molar-refractivity contribution in [1.82, 2.24) is 0 Å². The fourth-order valence-electron chi connectivity index (χ4n) is 2.03. The van der Waals surface area contributed by atoms with Gasteiger partial charge in [-0.15, -0.1) is 0 Å². The van der Waals surface area contributed by atoms with Crippen LogP contribution < -0.4 is 0 Å². The number of phosphoric ester groups is 1. The minimum atomic E-state index is -5.72. The van der Waals surface area contributed by atoms with E-state index in [2.05, 4.69) is 33.2 Å². The summed E-state index contributed by atoms with van der Waals surface area (Å²) in [4.78, 5) is 39.6. The van der Waals surface area contributed by atoms with Crippen LogP contribution in [0.5, 0.6) is 0 Å². The van der Waals surface area contributed by atoms with Crippen LogP contribution in [0.25, 0.3) is 20.9 Å². The smallest absolute Gasteiger partial charge is 0.379 e. The van der Waals surface area contributed by atoms with Gasteiger partial charge in [-0.1, -0.05) is 0 Å². The van der Waals surface area contributed by atoms with E-state index in [0.717, 1.165) is 0 Å². The van der Waals surface area contributed by atoms with Crippen LogP contribution in [-0.2, 0) is 36.3 Å². The molecule has 5 atom stereocenters. The lowest BCUT2D eigenvalue weighted by Crippen LogP contribution is -2.35. The summed E-state index contributed by atoms with van der Waals surface area (Å²) in [5, 5.41) is 5.09. The molecule has 0 radical (unpaired) electrons. The Morgan fingerprint density at radius 3 is 2.17 bits per heavy atom. The van der Waals surface area contributed by atoms with E-state index in [-0.39, 0.29) is 6.42 Å². The van der Waals surface area contributed by atoms with Crippen LogP contribution in [0.1, 0.15) is 6.42 Å². The number of hydrogen-bond acceptors (Lipinski definition) is 10. The number of ether oxygens (including phenoxy) is 2. The molecular weight excluding hydrogens is 471 g/mol. The van der Waals surface area contributed by atoms with Gasteiger partial charge in [0.25, 0.3) is 0 Å². The third-order valence-corrected chi connectivity index (χ3v) is 6.64. The summed E-state index contributed by atoms with van der Waals surface area (Å²) in [5.74, 6) is 0. The minimum absolute atomic E-state index is 0.0853. The number of alkyl halides is 1. The van der Waals surface area contributed by atoms with E-state index in [4.69, 9.17) is 35.2 Å². The van der Waals surface area contributed by atoms with E-state index in [1.807, 2.05) is 0 Å². The SMILES string of the molecule is B[C@H]1C[C@@H](OC(F)(N=[N+]=[N-])N=[N+]=[N-])[C@@H](COP(=O)(O)OP(=O)(O)OP(=O)(O)O)O1. The van der Waals surface area contributed by atoms with Crippen molar-refractivity contribution in [2.24, 2.45) is 10.2 Å². The van der Waals surface area contributed by atoms with Gasteiger partial charge in [-0.3, -0.25) is 4.52 Å². The van der Waals surface area contributed by atoms with E-state index in [0.29, 0.717) is 0 Å². The van der Waals surface area contributed by atoms with Gasteiger partial charge < -0.3 is 29.0 Å². The van der Waals surface area contributed by atoms with Crippen molar-refractivity contribution >= 4 is 31.3 Å². The van der Waals surface area contributed by atoms with Gasteiger partial charge in [0.05, 0.1) is 12.7 Å². The van der Waals surface area contributed by atoms with Gasteiger partial charge in [-0.25, -0.2) is 13.7 Å². The number of hydrogen-bond donors (Lipinski definition) is 4. The summed E-state index contributed by atoms with van der Waals surface area (Å²) in [6.07, 6.45) is -6.28. The minimum Gasteiger partial charge on any atom is -0.379 e. The zero-order valence-corrected chi connectivity index (χ0v) is 16.8. The summed E-state index contributed by atoms with van der Waals surface area (Å²) >= 11 is 0. The Bertz CT molecular complexity index is 826. The highest BCUT2D eigenvalue weighted by Crippen LogP contribution is 2.66. The molecule has 18 nitrogen and oxygen atoms in total. The quantitative estimate of drug-likeness (QED) is 0.0786. The van der Waals surface area contributed by atoms with Crippen LogP contribution in [-0.4, -0.2) is 58.3 Å². The molecule has 29 heavy (non-hydrogen) atoms. The summed E-state index contributed by atoms with van der Waals surface area (Å²) in [6.45, 7) is -0.943. The Labute approximate surface area is 161 Å². The Morgan fingerprint density at radius 1 is 1.14 bits per heavy atom. The first-order valence-electron chi connectivity index (χ1n) is 7.03. The number of phosphoric acid groups is 3. The van der Waals surface area contributed by atoms with E-state index in [9.17, 15) is 23.0 Å². The van der Waals surface area contributed by atoms with Crippen molar-refractivity contribution in [3.8, 4) is 0 Å². The van der Waals surface area contributed by atoms with Crippen LogP contribution in [0.15, 0.2) is 10.2 Å². The molecule has 0 amide bonds. The Kier molecular flexibility index (Phi) is 8.81. The Morgan fingerprint density at radius 2 is 1.69 bits per heavy atom. The van der Waals surface area contributed by atoms with Crippen molar-refractivity contribution < 1.29 is 60.3 Å². The molecule has 1 aliphatic rings. The first kappa shape index (κ1) is 26.0. The van der Waals surface area contributed by atoms with Gasteiger partial charge >= 0.3 is 29.6 Å². The molecule has 0 saturated carbocycles. The first-order valence-corrected chi connectivity index (χ1v) is 11.6. The van der Waals surface area contributed by atoms with Crippen molar-refractivity contribution in [2.75, 3.05) is 6.61 Å². The van der Waals surface area contributed by atoms with Crippen molar-refractivity contribution in [1.29, 1.82) is 0 Å². The largest absolute Gasteiger partial charge is 0.490 e. The van der Waals surface area contributed by atoms with Crippen molar-refractivity contribution in [3.05, 3.63) is 20.9 Å². The molecule has 1 heterocycles. The second-order valence-electron chi connectivity index (χ2n) is 5.17. The predicted octanol–water partition coefficient (Wildman–Crippen LogP) is 0.664. The molecule has 4 N–H and O–H groups in total. The molecule has 0 aromatic rings. The van der Waals surface area contributed by atoms with Gasteiger partial charge in [0.15, 0.2) is 0 Å². The third kappa shape index (κ3) is 9.53. The molecule has 0 aliphatic carbocycles. The fraction of sp³-hybridized carbons (Fsp3) is 1.00. The summed E-state index contributed by atoms with van der Waals surface area (Å²) < 4.78 is 69.0. The molecule has 2 unspecified atom stereocenters. The molecule has 23 heteroatoms. The number of halogens is 1. The van der Waals surface area contributed by atoms with Crippen molar-refractivity contribution in [3.63, 3.8) is 0 Å². The summed E-state index contributed by atoms with van der Waals surface area (Å²) in [6, 6.07) is -0.643. The molecule has 1 saturated heterocycles. The molecule has 164 valence electrons. The van der Waals surface area contributed by atoms with Gasteiger partial charge in [0, 0.05) is 15.8 Å². The lowest BCUT2D eigenvalue weighted by atomic mass is 9.96. The monoisotopic (exact) mass is 484 g/mol. The molecule has 0 aromatic heterocycles. The molecule has 1 fully saturated rings. The van der Waals surface area contributed by atoms with Crippen LogP contribution in [0, 0.1) is 0 Å². The zero-order chi connectivity index (χ0) is 22.5.